The van der Waals surface area contributed by atoms with Crippen molar-refractivity contribution in [1.82, 2.24) is 9.78 Å². The Hall–Kier alpha value is -1.77. The van der Waals surface area contributed by atoms with Crippen LogP contribution < -0.4 is 5.73 Å². The van der Waals surface area contributed by atoms with Gasteiger partial charge < -0.3 is 5.73 Å². The molecule has 1 aromatic heterocycles. The van der Waals surface area contributed by atoms with Crippen LogP contribution in [0.15, 0.2) is 36.7 Å². The third kappa shape index (κ3) is 4.12. The summed E-state index contributed by atoms with van der Waals surface area (Å²) in [5.41, 5.74) is 8.83. The highest BCUT2D eigenvalue weighted by atomic mass is 15.3. The van der Waals surface area contributed by atoms with Crippen LogP contribution in [0.5, 0.6) is 0 Å². The first-order valence-corrected chi connectivity index (χ1v) is 7.18. The van der Waals surface area contributed by atoms with Crippen LogP contribution in [-0.4, -0.2) is 9.78 Å². The monoisotopic (exact) mass is 257 g/mol. The van der Waals surface area contributed by atoms with Gasteiger partial charge in [0.1, 0.15) is 0 Å². The zero-order valence-corrected chi connectivity index (χ0v) is 11.7. The van der Waals surface area contributed by atoms with Gasteiger partial charge in [0.15, 0.2) is 0 Å². The van der Waals surface area contributed by atoms with E-state index < -0.39 is 0 Å². The second kappa shape index (κ2) is 6.98. The molecule has 0 spiro atoms. The molecule has 1 aromatic carbocycles. The molecule has 0 unspecified atom stereocenters. The molecule has 19 heavy (non-hydrogen) atoms. The van der Waals surface area contributed by atoms with E-state index >= 15 is 0 Å². The average molecular weight is 257 g/mol. The first kappa shape index (κ1) is 13.7. The number of nitrogens with two attached hydrogens (primary N) is 1. The fraction of sp³-hybridized carbons (Fsp3) is 0.438. The maximum Gasteiger partial charge on any atom is 0.0568 e. The van der Waals surface area contributed by atoms with Crippen molar-refractivity contribution >= 4 is 5.69 Å². The normalized spacial score (nSPS) is 10.8. The maximum absolute atomic E-state index is 5.69. The van der Waals surface area contributed by atoms with Crippen molar-refractivity contribution in [3.8, 4) is 11.1 Å². The van der Waals surface area contributed by atoms with Gasteiger partial charge in [-0.3, -0.25) is 4.68 Å². The first-order chi connectivity index (χ1) is 9.29. The number of nitrogen functional groups attached to an aromatic ring is 1. The molecule has 2 rings (SSSR count). The van der Waals surface area contributed by atoms with Crippen molar-refractivity contribution in [1.29, 1.82) is 0 Å². The van der Waals surface area contributed by atoms with Crippen molar-refractivity contribution in [2.75, 3.05) is 5.73 Å². The minimum Gasteiger partial charge on any atom is -0.399 e. The molecule has 0 aliphatic carbocycles. The van der Waals surface area contributed by atoms with Gasteiger partial charge in [0, 0.05) is 24.0 Å². The largest absolute Gasteiger partial charge is 0.399 e. The number of hydrogen-bond acceptors (Lipinski definition) is 2. The minimum absolute atomic E-state index is 0.798. The van der Waals surface area contributed by atoms with Crippen molar-refractivity contribution in [3.63, 3.8) is 0 Å². The fourth-order valence-corrected chi connectivity index (χ4v) is 2.19. The van der Waals surface area contributed by atoms with Crippen molar-refractivity contribution in [2.24, 2.45) is 0 Å². The van der Waals surface area contributed by atoms with Crippen LogP contribution in [0.4, 0.5) is 5.69 Å². The van der Waals surface area contributed by atoms with E-state index in [0.717, 1.165) is 17.8 Å². The van der Waals surface area contributed by atoms with Gasteiger partial charge >= 0.3 is 0 Å². The Morgan fingerprint density at radius 3 is 2.47 bits per heavy atom. The Morgan fingerprint density at radius 2 is 1.74 bits per heavy atom. The molecule has 0 saturated heterocycles. The van der Waals surface area contributed by atoms with Gasteiger partial charge in [0.05, 0.1) is 6.20 Å². The quantitative estimate of drug-likeness (QED) is 0.599. The highest BCUT2D eigenvalue weighted by Crippen LogP contribution is 2.19. The van der Waals surface area contributed by atoms with Crippen LogP contribution in [0.25, 0.3) is 11.1 Å². The molecule has 3 heteroatoms. The van der Waals surface area contributed by atoms with Gasteiger partial charge in [-0.05, 0) is 24.1 Å². The van der Waals surface area contributed by atoms with Crippen LogP contribution in [0, 0.1) is 0 Å². The third-order valence-corrected chi connectivity index (χ3v) is 3.37. The van der Waals surface area contributed by atoms with Crippen molar-refractivity contribution in [3.05, 3.63) is 36.7 Å². The van der Waals surface area contributed by atoms with E-state index in [1.165, 1.54) is 37.7 Å². The van der Waals surface area contributed by atoms with Gasteiger partial charge in [-0.2, -0.15) is 5.10 Å². The number of nitrogens with zero attached hydrogens (tertiary/aromatic N) is 2. The van der Waals surface area contributed by atoms with Gasteiger partial charge in [0.2, 0.25) is 0 Å². The number of anilines is 1. The predicted octanol–water partition coefficient (Wildman–Crippen LogP) is 4.10. The number of aromatic nitrogens is 2. The number of rotatable bonds is 7. The van der Waals surface area contributed by atoms with E-state index in [1.807, 2.05) is 35.1 Å². The maximum atomic E-state index is 5.69. The predicted molar refractivity (Wildman–Crippen MR) is 80.8 cm³/mol. The molecular formula is C16H23N3. The Labute approximate surface area is 115 Å². The van der Waals surface area contributed by atoms with Gasteiger partial charge in [0.25, 0.3) is 0 Å². The van der Waals surface area contributed by atoms with Crippen LogP contribution in [-0.2, 0) is 6.54 Å². The zero-order chi connectivity index (χ0) is 13.5. The summed E-state index contributed by atoms with van der Waals surface area (Å²) in [4.78, 5) is 0. The standard InChI is InChI=1S/C16H23N3/c1-2-3-4-5-6-11-19-13-15(12-18-19)14-7-9-16(17)10-8-14/h7-10,12-13H,2-6,11,17H2,1H3. The van der Waals surface area contributed by atoms with E-state index in [1.54, 1.807) is 0 Å². The van der Waals surface area contributed by atoms with Crippen LogP contribution in [0.2, 0.25) is 0 Å². The Balaban J connectivity index is 1.86. The number of benzene rings is 1. The second-order valence-electron chi connectivity index (χ2n) is 5.03. The molecule has 0 radical (unpaired) electrons. The molecule has 1 heterocycles. The number of aryl methyl sites for hydroxylation is 1. The lowest BCUT2D eigenvalue weighted by molar-refractivity contribution is 0.533. The summed E-state index contributed by atoms with van der Waals surface area (Å²) in [7, 11) is 0. The molecule has 0 bridgehead atoms. The minimum atomic E-state index is 0.798. The van der Waals surface area contributed by atoms with E-state index in [9.17, 15) is 0 Å². The molecule has 0 aliphatic rings. The molecule has 0 amide bonds. The molecule has 2 aromatic rings. The summed E-state index contributed by atoms with van der Waals surface area (Å²) in [6, 6.07) is 7.94. The van der Waals surface area contributed by atoms with Crippen molar-refractivity contribution in [2.45, 2.75) is 45.6 Å². The summed E-state index contributed by atoms with van der Waals surface area (Å²) in [6.07, 6.45) is 10.5. The highest BCUT2D eigenvalue weighted by Gasteiger charge is 2.01. The average Bonchev–Trinajstić information content (AvgIpc) is 2.88. The first-order valence-electron chi connectivity index (χ1n) is 7.18. The summed E-state index contributed by atoms with van der Waals surface area (Å²) < 4.78 is 2.04. The molecule has 0 fully saturated rings. The van der Waals surface area contributed by atoms with E-state index in [-0.39, 0.29) is 0 Å². The van der Waals surface area contributed by atoms with Gasteiger partial charge in [-0.15, -0.1) is 0 Å². The molecule has 0 atom stereocenters. The van der Waals surface area contributed by atoms with Crippen LogP contribution >= 0.6 is 0 Å². The fourth-order valence-electron chi connectivity index (χ4n) is 2.19. The van der Waals surface area contributed by atoms with Gasteiger partial charge in [-0.1, -0.05) is 44.7 Å². The lowest BCUT2D eigenvalue weighted by Crippen LogP contribution is -1.97. The van der Waals surface area contributed by atoms with Gasteiger partial charge in [-0.25, -0.2) is 0 Å². The molecular weight excluding hydrogens is 234 g/mol. The smallest absolute Gasteiger partial charge is 0.0568 e. The summed E-state index contributed by atoms with van der Waals surface area (Å²) in [5.74, 6) is 0. The topological polar surface area (TPSA) is 43.8 Å². The van der Waals surface area contributed by atoms with E-state index in [2.05, 4.69) is 18.2 Å². The molecule has 0 saturated carbocycles. The summed E-state index contributed by atoms with van der Waals surface area (Å²) in [5, 5.41) is 4.42. The van der Waals surface area contributed by atoms with Crippen LogP contribution in [0.1, 0.15) is 39.0 Å². The van der Waals surface area contributed by atoms with E-state index in [4.69, 9.17) is 5.73 Å². The Kier molecular flexibility index (Phi) is 5.01. The number of hydrogen-bond donors (Lipinski definition) is 1. The zero-order valence-electron chi connectivity index (χ0n) is 11.7. The van der Waals surface area contributed by atoms with Crippen molar-refractivity contribution < 1.29 is 0 Å². The Bertz CT molecular complexity index is 485. The summed E-state index contributed by atoms with van der Waals surface area (Å²) in [6.45, 7) is 3.26. The number of unbranched alkanes of at least 4 members (excludes halogenated alkanes) is 4. The lowest BCUT2D eigenvalue weighted by atomic mass is 10.1. The molecule has 0 aliphatic heterocycles. The molecule has 102 valence electrons. The van der Waals surface area contributed by atoms with Crippen LogP contribution in [0.3, 0.4) is 0 Å². The van der Waals surface area contributed by atoms with E-state index in [0.29, 0.717) is 0 Å². The SMILES string of the molecule is CCCCCCCn1cc(-c2ccc(N)cc2)cn1. The molecule has 3 nitrogen and oxygen atoms in total. The lowest BCUT2D eigenvalue weighted by Gasteiger charge is -2.01. The Morgan fingerprint density at radius 1 is 1.00 bits per heavy atom. The molecule has 2 N–H and O–H groups in total. The second-order valence-corrected chi connectivity index (χ2v) is 5.03. The highest BCUT2D eigenvalue weighted by molar-refractivity contribution is 5.63. The summed E-state index contributed by atoms with van der Waals surface area (Å²) >= 11 is 0. The third-order valence-electron chi connectivity index (χ3n) is 3.37.